The fourth-order valence-corrected chi connectivity index (χ4v) is 2.87. The van der Waals surface area contributed by atoms with Gasteiger partial charge in [-0.2, -0.15) is 0 Å². The second kappa shape index (κ2) is 5.41. The summed E-state index contributed by atoms with van der Waals surface area (Å²) >= 11 is 0. The topological polar surface area (TPSA) is 30.5 Å². The zero-order valence-electron chi connectivity index (χ0n) is 12.6. The van der Waals surface area contributed by atoms with Gasteiger partial charge in [-0.05, 0) is 17.9 Å². The Labute approximate surface area is 116 Å². The molecule has 3 heteroatoms. The standard InChI is InChI=1S/C16H25NO2/c1-16(2,3)14-9-11(10-17-14)12-7-6-8-13(18-4)15(12)19-5/h6-8,11,14,17H,9-10H2,1-5H3. The Bertz CT molecular complexity index is 437. The van der Waals surface area contributed by atoms with Gasteiger partial charge < -0.3 is 14.8 Å². The molecule has 1 fully saturated rings. The van der Waals surface area contributed by atoms with E-state index in [1.807, 2.05) is 12.1 Å². The predicted molar refractivity (Wildman–Crippen MR) is 78.1 cm³/mol. The van der Waals surface area contributed by atoms with E-state index in [-0.39, 0.29) is 0 Å². The molecule has 1 aliphatic rings. The van der Waals surface area contributed by atoms with Crippen molar-refractivity contribution in [2.75, 3.05) is 20.8 Å². The molecule has 1 saturated heterocycles. The van der Waals surface area contributed by atoms with Gasteiger partial charge in [-0.25, -0.2) is 0 Å². The van der Waals surface area contributed by atoms with Crippen LogP contribution >= 0.6 is 0 Å². The second-order valence-electron chi connectivity index (χ2n) is 6.34. The van der Waals surface area contributed by atoms with E-state index in [0.717, 1.165) is 24.5 Å². The highest BCUT2D eigenvalue weighted by atomic mass is 16.5. The van der Waals surface area contributed by atoms with E-state index in [4.69, 9.17) is 9.47 Å². The van der Waals surface area contributed by atoms with Crippen LogP contribution in [0.25, 0.3) is 0 Å². The third kappa shape index (κ3) is 2.86. The molecule has 19 heavy (non-hydrogen) atoms. The molecule has 0 amide bonds. The number of methoxy groups -OCH3 is 2. The molecule has 0 spiro atoms. The first-order valence-corrected chi connectivity index (χ1v) is 6.91. The predicted octanol–water partition coefficient (Wildman–Crippen LogP) is 3.20. The third-order valence-corrected chi connectivity index (χ3v) is 4.05. The maximum absolute atomic E-state index is 5.55. The first-order chi connectivity index (χ1) is 8.97. The van der Waals surface area contributed by atoms with Crippen molar-refractivity contribution in [3.8, 4) is 11.5 Å². The van der Waals surface area contributed by atoms with E-state index in [0.29, 0.717) is 17.4 Å². The Hall–Kier alpha value is -1.22. The molecule has 0 radical (unpaired) electrons. The molecular formula is C16H25NO2. The van der Waals surface area contributed by atoms with E-state index in [9.17, 15) is 0 Å². The highest BCUT2D eigenvalue weighted by Gasteiger charge is 2.34. The Morgan fingerprint density at radius 1 is 1.16 bits per heavy atom. The van der Waals surface area contributed by atoms with Crippen LogP contribution in [0.2, 0.25) is 0 Å². The van der Waals surface area contributed by atoms with Gasteiger partial charge in [0.05, 0.1) is 14.2 Å². The van der Waals surface area contributed by atoms with Crippen LogP contribution in [0.3, 0.4) is 0 Å². The van der Waals surface area contributed by atoms with Gasteiger partial charge in [0, 0.05) is 24.1 Å². The summed E-state index contributed by atoms with van der Waals surface area (Å²) in [5, 5.41) is 3.64. The van der Waals surface area contributed by atoms with Crippen LogP contribution in [-0.4, -0.2) is 26.8 Å². The zero-order chi connectivity index (χ0) is 14.0. The highest BCUT2D eigenvalue weighted by Crippen LogP contribution is 2.41. The van der Waals surface area contributed by atoms with Crippen LogP contribution in [0.4, 0.5) is 0 Å². The lowest BCUT2D eigenvalue weighted by Crippen LogP contribution is -2.34. The molecule has 2 unspecified atom stereocenters. The lowest BCUT2D eigenvalue weighted by atomic mass is 9.83. The number of ether oxygens (including phenoxy) is 2. The maximum Gasteiger partial charge on any atom is 0.164 e. The van der Waals surface area contributed by atoms with Gasteiger partial charge in [-0.3, -0.25) is 0 Å². The number of para-hydroxylation sites is 1. The summed E-state index contributed by atoms with van der Waals surface area (Å²) < 4.78 is 10.9. The minimum atomic E-state index is 0.293. The molecule has 106 valence electrons. The van der Waals surface area contributed by atoms with Crippen molar-refractivity contribution in [3.05, 3.63) is 23.8 Å². The molecule has 1 aliphatic heterocycles. The van der Waals surface area contributed by atoms with E-state index in [2.05, 4.69) is 32.2 Å². The van der Waals surface area contributed by atoms with E-state index in [1.54, 1.807) is 14.2 Å². The first-order valence-electron chi connectivity index (χ1n) is 6.91. The molecule has 0 bridgehead atoms. The van der Waals surface area contributed by atoms with Crippen LogP contribution < -0.4 is 14.8 Å². The lowest BCUT2D eigenvalue weighted by molar-refractivity contribution is 0.293. The molecule has 1 N–H and O–H groups in total. The summed E-state index contributed by atoms with van der Waals surface area (Å²) in [5.41, 5.74) is 1.54. The largest absolute Gasteiger partial charge is 0.493 e. The maximum atomic E-state index is 5.55. The van der Waals surface area contributed by atoms with Crippen LogP contribution in [0, 0.1) is 5.41 Å². The number of hydrogen-bond acceptors (Lipinski definition) is 3. The third-order valence-electron chi connectivity index (χ3n) is 4.05. The minimum Gasteiger partial charge on any atom is -0.493 e. The molecule has 0 aliphatic carbocycles. The fraction of sp³-hybridized carbons (Fsp3) is 0.625. The first kappa shape index (κ1) is 14.2. The summed E-state index contributed by atoms with van der Waals surface area (Å²) in [5.74, 6) is 2.19. The molecule has 1 aromatic rings. The van der Waals surface area contributed by atoms with Crippen LogP contribution in [0.15, 0.2) is 18.2 Å². The van der Waals surface area contributed by atoms with Crippen molar-refractivity contribution < 1.29 is 9.47 Å². The summed E-state index contributed by atoms with van der Waals surface area (Å²) in [6.45, 7) is 7.87. The van der Waals surface area contributed by atoms with Crippen LogP contribution in [0.5, 0.6) is 11.5 Å². The smallest absolute Gasteiger partial charge is 0.164 e. The fourth-order valence-electron chi connectivity index (χ4n) is 2.87. The average Bonchev–Trinajstić information content (AvgIpc) is 2.86. The Morgan fingerprint density at radius 3 is 2.42 bits per heavy atom. The van der Waals surface area contributed by atoms with Gasteiger partial charge in [0.2, 0.25) is 0 Å². The number of hydrogen-bond donors (Lipinski definition) is 1. The van der Waals surface area contributed by atoms with E-state index in [1.165, 1.54) is 5.56 Å². The minimum absolute atomic E-state index is 0.293. The molecule has 1 heterocycles. The van der Waals surface area contributed by atoms with Crippen molar-refractivity contribution in [3.63, 3.8) is 0 Å². The summed E-state index contributed by atoms with van der Waals surface area (Å²) in [4.78, 5) is 0. The second-order valence-corrected chi connectivity index (χ2v) is 6.34. The summed E-state index contributed by atoms with van der Waals surface area (Å²) in [6.07, 6.45) is 1.15. The Balaban J connectivity index is 2.24. The quantitative estimate of drug-likeness (QED) is 0.908. The summed E-state index contributed by atoms with van der Waals surface area (Å²) in [7, 11) is 3.40. The monoisotopic (exact) mass is 263 g/mol. The van der Waals surface area contributed by atoms with E-state index < -0.39 is 0 Å². The van der Waals surface area contributed by atoms with Crippen molar-refractivity contribution in [1.82, 2.24) is 5.32 Å². The zero-order valence-corrected chi connectivity index (χ0v) is 12.6. The van der Waals surface area contributed by atoms with Gasteiger partial charge in [0.25, 0.3) is 0 Å². The van der Waals surface area contributed by atoms with Crippen molar-refractivity contribution in [1.29, 1.82) is 0 Å². The number of rotatable bonds is 3. The van der Waals surface area contributed by atoms with Crippen LogP contribution in [0.1, 0.15) is 38.7 Å². The molecule has 2 rings (SSSR count). The Kier molecular flexibility index (Phi) is 4.04. The average molecular weight is 263 g/mol. The highest BCUT2D eigenvalue weighted by molar-refractivity contribution is 5.48. The molecule has 0 aromatic heterocycles. The molecule has 1 aromatic carbocycles. The Morgan fingerprint density at radius 2 is 1.89 bits per heavy atom. The molecular weight excluding hydrogens is 238 g/mol. The van der Waals surface area contributed by atoms with Crippen LogP contribution in [-0.2, 0) is 0 Å². The summed E-state index contributed by atoms with van der Waals surface area (Å²) in [6, 6.07) is 6.69. The molecule has 2 atom stereocenters. The van der Waals surface area contributed by atoms with Gasteiger partial charge >= 0.3 is 0 Å². The van der Waals surface area contributed by atoms with Gasteiger partial charge in [0.15, 0.2) is 11.5 Å². The normalized spacial score (nSPS) is 23.4. The SMILES string of the molecule is COc1cccc(C2CNC(C(C)(C)C)C2)c1OC. The number of benzene rings is 1. The van der Waals surface area contributed by atoms with Crippen molar-refractivity contribution >= 4 is 0 Å². The lowest BCUT2D eigenvalue weighted by Gasteiger charge is -2.27. The van der Waals surface area contributed by atoms with Gasteiger partial charge in [0.1, 0.15) is 0 Å². The molecule has 3 nitrogen and oxygen atoms in total. The van der Waals surface area contributed by atoms with Gasteiger partial charge in [-0.15, -0.1) is 0 Å². The van der Waals surface area contributed by atoms with E-state index >= 15 is 0 Å². The number of nitrogens with one attached hydrogen (secondary N) is 1. The van der Waals surface area contributed by atoms with Crippen molar-refractivity contribution in [2.45, 2.75) is 39.2 Å². The van der Waals surface area contributed by atoms with Crippen molar-refractivity contribution in [2.24, 2.45) is 5.41 Å². The van der Waals surface area contributed by atoms with Gasteiger partial charge in [-0.1, -0.05) is 32.9 Å². The molecule has 0 saturated carbocycles.